The number of rotatable bonds is 4. The van der Waals surface area contributed by atoms with Crippen LogP contribution in [0.4, 0.5) is 0 Å². The first-order valence-electron chi connectivity index (χ1n) is 4.53. The van der Waals surface area contributed by atoms with Crippen molar-refractivity contribution in [2.45, 2.75) is 12.8 Å². The van der Waals surface area contributed by atoms with Gasteiger partial charge in [0.25, 0.3) is 0 Å². The molecule has 0 radical (unpaired) electrons. The minimum atomic E-state index is 0.509. The van der Waals surface area contributed by atoms with Gasteiger partial charge in [-0.15, -0.1) is 0 Å². The van der Waals surface area contributed by atoms with Crippen molar-refractivity contribution in [3.63, 3.8) is 0 Å². The fourth-order valence-electron chi connectivity index (χ4n) is 1.43. The molecule has 1 aromatic rings. The molecule has 0 aromatic heterocycles. The van der Waals surface area contributed by atoms with E-state index in [4.69, 9.17) is 5.73 Å². The van der Waals surface area contributed by atoms with Crippen LogP contribution in [-0.2, 0) is 0 Å². The summed E-state index contributed by atoms with van der Waals surface area (Å²) < 4.78 is 0. The fourth-order valence-corrected chi connectivity index (χ4v) is 2.16. The SMILES string of the molecule is CSCC(CN)c1cccc(C)c1. The number of hydrogen-bond acceptors (Lipinski definition) is 2. The third kappa shape index (κ3) is 3.05. The zero-order valence-corrected chi connectivity index (χ0v) is 9.10. The summed E-state index contributed by atoms with van der Waals surface area (Å²) >= 11 is 1.86. The standard InChI is InChI=1S/C11H17NS/c1-9-4-3-5-10(6-9)11(7-12)8-13-2/h3-6,11H,7-8,12H2,1-2H3. The molecule has 1 atom stereocenters. The highest BCUT2D eigenvalue weighted by Gasteiger charge is 2.07. The second kappa shape index (κ2) is 5.30. The van der Waals surface area contributed by atoms with Crippen LogP contribution in [0.5, 0.6) is 0 Å². The first kappa shape index (κ1) is 10.6. The molecule has 0 aliphatic rings. The topological polar surface area (TPSA) is 26.0 Å². The van der Waals surface area contributed by atoms with Crippen LogP contribution in [0, 0.1) is 6.92 Å². The Morgan fingerprint density at radius 2 is 2.23 bits per heavy atom. The quantitative estimate of drug-likeness (QED) is 0.798. The third-order valence-corrected chi connectivity index (χ3v) is 2.90. The molecule has 0 saturated carbocycles. The van der Waals surface area contributed by atoms with Gasteiger partial charge in [-0.1, -0.05) is 29.8 Å². The van der Waals surface area contributed by atoms with E-state index >= 15 is 0 Å². The van der Waals surface area contributed by atoms with Gasteiger partial charge in [-0.3, -0.25) is 0 Å². The van der Waals surface area contributed by atoms with Gasteiger partial charge in [0.2, 0.25) is 0 Å². The Bertz CT molecular complexity index is 260. The van der Waals surface area contributed by atoms with Gasteiger partial charge >= 0.3 is 0 Å². The maximum atomic E-state index is 5.73. The fraction of sp³-hybridized carbons (Fsp3) is 0.455. The van der Waals surface area contributed by atoms with Crippen molar-refractivity contribution >= 4 is 11.8 Å². The average molecular weight is 195 g/mol. The summed E-state index contributed by atoms with van der Waals surface area (Å²) in [6.07, 6.45) is 2.12. The molecule has 72 valence electrons. The predicted molar refractivity (Wildman–Crippen MR) is 61.4 cm³/mol. The van der Waals surface area contributed by atoms with E-state index in [1.165, 1.54) is 11.1 Å². The number of aryl methyl sites for hydroxylation is 1. The Morgan fingerprint density at radius 3 is 2.77 bits per heavy atom. The van der Waals surface area contributed by atoms with Crippen LogP contribution < -0.4 is 5.73 Å². The Hall–Kier alpha value is -0.470. The van der Waals surface area contributed by atoms with Crippen LogP contribution in [0.2, 0.25) is 0 Å². The summed E-state index contributed by atoms with van der Waals surface area (Å²) in [4.78, 5) is 0. The minimum Gasteiger partial charge on any atom is -0.330 e. The first-order valence-corrected chi connectivity index (χ1v) is 5.93. The van der Waals surface area contributed by atoms with Gasteiger partial charge in [0.1, 0.15) is 0 Å². The van der Waals surface area contributed by atoms with Gasteiger partial charge in [0, 0.05) is 11.7 Å². The molecule has 0 aliphatic carbocycles. The molecule has 1 aromatic carbocycles. The van der Waals surface area contributed by atoms with E-state index in [1.807, 2.05) is 11.8 Å². The molecule has 0 amide bonds. The lowest BCUT2D eigenvalue weighted by molar-refractivity contribution is 0.785. The second-order valence-electron chi connectivity index (χ2n) is 3.30. The number of benzene rings is 1. The van der Waals surface area contributed by atoms with Crippen LogP contribution in [0.3, 0.4) is 0 Å². The molecule has 0 heterocycles. The van der Waals surface area contributed by atoms with Gasteiger partial charge < -0.3 is 5.73 Å². The van der Waals surface area contributed by atoms with Crippen molar-refractivity contribution in [2.24, 2.45) is 5.73 Å². The molecule has 0 spiro atoms. The highest BCUT2D eigenvalue weighted by molar-refractivity contribution is 7.98. The molecular weight excluding hydrogens is 178 g/mol. The van der Waals surface area contributed by atoms with Crippen LogP contribution in [-0.4, -0.2) is 18.6 Å². The van der Waals surface area contributed by atoms with Gasteiger partial charge in [0.05, 0.1) is 0 Å². The van der Waals surface area contributed by atoms with Gasteiger partial charge in [0.15, 0.2) is 0 Å². The Kier molecular flexibility index (Phi) is 4.33. The minimum absolute atomic E-state index is 0.509. The molecular formula is C11H17NS. The molecule has 1 rings (SSSR count). The van der Waals surface area contributed by atoms with E-state index in [0.29, 0.717) is 5.92 Å². The van der Waals surface area contributed by atoms with Crippen molar-refractivity contribution < 1.29 is 0 Å². The number of hydrogen-bond donors (Lipinski definition) is 1. The third-order valence-electron chi connectivity index (χ3n) is 2.17. The predicted octanol–water partition coefficient (Wildman–Crippen LogP) is 2.40. The van der Waals surface area contributed by atoms with Crippen LogP contribution in [0.1, 0.15) is 17.0 Å². The van der Waals surface area contributed by atoms with Gasteiger partial charge in [-0.25, -0.2) is 0 Å². The van der Waals surface area contributed by atoms with E-state index in [1.54, 1.807) is 0 Å². The average Bonchev–Trinajstić information content (AvgIpc) is 2.14. The van der Waals surface area contributed by atoms with Gasteiger partial charge in [-0.05, 0) is 25.3 Å². The largest absolute Gasteiger partial charge is 0.330 e. The summed E-state index contributed by atoms with van der Waals surface area (Å²) in [5.74, 6) is 1.62. The number of thioether (sulfide) groups is 1. The van der Waals surface area contributed by atoms with E-state index in [0.717, 1.165) is 12.3 Å². The first-order chi connectivity index (χ1) is 6.27. The van der Waals surface area contributed by atoms with Gasteiger partial charge in [-0.2, -0.15) is 11.8 Å². The normalized spacial score (nSPS) is 12.8. The molecule has 2 heteroatoms. The van der Waals surface area contributed by atoms with Crippen molar-refractivity contribution in [2.75, 3.05) is 18.6 Å². The highest BCUT2D eigenvalue weighted by atomic mass is 32.2. The molecule has 0 bridgehead atoms. The van der Waals surface area contributed by atoms with Crippen LogP contribution >= 0.6 is 11.8 Å². The maximum absolute atomic E-state index is 5.73. The van der Waals surface area contributed by atoms with E-state index < -0.39 is 0 Å². The molecule has 2 N–H and O–H groups in total. The Morgan fingerprint density at radius 1 is 1.46 bits per heavy atom. The van der Waals surface area contributed by atoms with Crippen molar-refractivity contribution in [1.82, 2.24) is 0 Å². The molecule has 13 heavy (non-hydrogen) atoms. The van der Waals surface area contributed by atoms with E-state index in [-0.39, 0.29) is 0 Å². The maximum Gasteiger partial charge on any atom is 0.00519 e. The zero-order valence-electron chi connectivity index (χ0n) is 8.29. The summed E-state index contributed by atoms with van der Waals surface area (Å²) in [5, 5.41) is 0. The molecule has 0 aliphatic heterocycles. The Labute approximate surface area is 84.7 Å². The van der Waals surface area contributed by atoms with Crippen LogP contribution in [0.15, 0.2) is 24.3 Å². The lowest BCUT2D eigenvalue weighted by Gasteiger charge is -2.13. The number of nitrogens with two attached hydrogens (primary N) is 1. The zero-order chi connectivity index (χ0) is 9.68. The highest BCUT2D eigenvalue weighted by Crippen LogP contribution is 2.19. The molecule has 1 unspecified atom stereocenters. The lowest BCUT2D eigenvalue weighted by atomic mass is 10.00. The monoisotopic (exact) mass is 195 g/mol. The van der Waals surface area contributed by atoms with Crippen LogP contribution in [0.25, 0.3) is 0 Å². The summed E-state index contributed by atoms with van der Waals surface area (Å²) in [7, 11) is 0. The molecule has 1 nitrogen and oxygen atoms in total. The second-order valence-corrected chi connectivity index (χ2v) is 4.21. The van der Waals surface area contributed by atoms with Crippen molar-refractivity contribution in [3.05, 3.63) is 35.4 Å². The lowest BCUT2D eigenvalue weighted by Crippen LogP contribution is -2.14. The molecule has 0 saturated heterocycles. The van der Waals surface area contributed by atoms with Crippen molar-refractivity contribution in [3.8, 4) is 0 Å². The summed E-state index contributed by atoms with van der Waals surface area (Å²) in [5.41, 5.74) is 8.42. The summed E-state index contributed by atoms with van der Waals surface area (Å²) in [6, 6.07) is 8.62. The van der Waals surface area contributed by atoms with E-state index in [9.17, 15) is 0 Å². The Balaban J connectivity index is 2.78. The summed E-state index contributed by atoms with van der Waals surface area (Å²) in [6.45, 7) is 2.86. The molecule has 0 fully saturated rings. The van der Waals surface area contributed by atoms with Crippen molar-refractivity contribution in [1.29, 1.82) is 0 Å². The smallest absolute Gasteiger partial charge is 0.00519 e. The van der Waals surface area contributed by atoms with E-state index in [2.05, 4.69) is 37.4 Å².